The third-order valence-electron chi connectivity index (χ3n) is 3.95. The van der Waals surface area contributed by atoms with E-state index in [0.29, 0.717) is 13.0 Å². The largest absolute Gasteiger partial charge is 0.444 e. The van der Waals surface area contributed by atoms with Crippen LogP contribution < -0.4 is 0 Å². The van der Waals surface area contributed by atoms with Crippen LogP contribution in [0.1, 0.15) is 53.9 Å². The SMILES string of the molecule is CC(C)(C)OC(=O)N1[C@@H](CC2(C=O)CC2)COC1(C)C. The Bertz CT molecular complexity index is 407. The predicted octanol–water partition coefficient (Wildman–Crippen LogP) is 2.73. The summed E-state index contributed by atoms with van der Waals surface area (Å²) in [6.45, 7) is 9.71. The molecule has 0 N–H and O–H groups in total. The van der Waals surface area contributed by atoms with Crippen molar-refractivity contribution < 1.29 is 19.1 Å². The second-order valence-electron chi connectivity index (χ2n) is 7.45. The number of aldehydes is 1. The van der Waals surface area contributed by atoms with Crippen molar-refractivity contribution in [2.75, 3.05) is 6.61 Å². The highest BCUT2D eigenvalue weighted by molar-refractivity contribution is 5.70. The molecule has 1 atom stereocenters. The smallest absolute Gasteiger partial charge is 0.412 e. The standard InChI is InChI=1S/C15H25NO4/c1-13(2,3)20-12(18)16-11(9-19-14(16,4)5)8-15(10-17)6-7-15/h10-11H,6-9H2,1-5H3/t11-/m0/s1. The second-order valence-corrected chi connectivity index (χ2v) is 7.45. The summed E-state index contributed by atoms with van der Waals surface area (Å²) in [6.07, 6.45) is 3.15. The van der Waals surface area contributed by atoms with E-state index in [2.05, 4.69) is 0 Å². The van der Waals surface area contributed by atoms with Gasteiger partial charge in [0.25, 0.3) is 0 Å². The normalized spacial score (nSPS) is 27.2. The van der Waals surface area contributed by atoms with Gasteiger partial charge in [-0.25, -0.2) is 4.79 Å². The van der Waals surface area contributed by atoms with Crippen LogP contribution in [0.2, 0.25) is 0 Å². The van der Waals surface area contributed by atoms with Crippen molar-refractivity contribution in [3.63, 3.8) is 0 Å². The molecule has 1 saturated carbocycles. The van der Waals surface area contributed by atoms with E-state index >= 15 is 0 Å². The van der Waals surface area contributed by atoms with Crippen molar-refractivity contribution in [2.45, 2.75) is 71.2 Å². The number of rotatable bonds is 3. The minimum atomic E-state index is -0.689. The second kappa shape index (κ2) is 4.72. The van der Waals surface area contributed by atoms with Crippen LogP contribution in [0.25, 0.3) is 0 Å². The van der Waals surface area contributed by atoms with E-state index in [1.165, 1.54) is 0 Å². The maximum absolute atomic E-state index is 12.4. The van der Waals surface area contributed by atoms with Crippen LogP contribution in [0.3, 0.4) is 0 Å². The molecule has 1 heterocycles. The molecule has 5 nitrogen and oxygen atoms in total. The Hall–Kier alpha value is -1.10. The number of hydrogen-bond donors (Lipinski definition) is 0. The van der Waals surface area contributed by atoms with Gasteiger partial charge in [-0.1, -0.05) is 0 Å². The molecule has 2 rings (SSSR count). The Labute approximate surface area is 120 Å². The first-order chi connectivity index (χ1) is 9.09. The molecule has 1 aliphatic carbocycles. The molecule has 20 heavy (non-hydrogen) atoms. The molecule has 0 unspecified atom stereocenters. The molecule has 0 aromatic rings. The maximum atomic E-state index is 12.4. The van der Waals surface area contributed by atoms with E-state index in [9.17, 15) is 9.59 Å². The van der Waals surface area contributed by atoms with Crippen LogP contribution in [0.5, 0.6) is 0 Å². The van der Waals surface area contributed by atoms with E-state index in [0.717, 1.165) is 19.1 Å². The van der Waals surface area contributed by atoms with Crippen LogP contribution >= 0.6 is 0 Å². The first-order valence-corrected chi connectivity index (χ1v) is 7.21. The Morgan fingerprint density at radius 3 is 2.45 bits per heavy atom. The van der Waals surface area contributed by atoms with E-state index in [1.807, 2.05) is 34.6 Å². The summed E-state index contributed by atoms with van der Waals surface area (Å²) >= 11 is 0. The summed E-state index contributed by atoms with van der Waals surface area (Å²) in [7, 11) is 0. The van der Waals surface area contributed by atoms with Gasteiger partial charge >= 0.3 is 6.09 Å². The molecular weight excluding hydrogens is 258 g/mol. The molecule has 1 aliphatic heterocycles. The van der Waals surface area contributed by atoms with Gasteiger partial charge in [-0.3, -0.25) is 4.90 Å². The summed E-state index contributed by atoms with van der Waals surface area (Å²) in [5, 5.41) is 0. The molecule has 1 saturated heterocycles. The Morgan fingerprint density at radius 1 is 1.40 bits per heavy atom. The number of carbonyl (C=O) groups excluding carboxylic acids is 2. The van der Waals surface area contributed by atoms with Gasteiger partial charge in [0.15, 0.2) is 0 Å². The molecule has 2 aliphatic rings. The van der Waals surface area contributed by atoms with Crippen molar-refractivity contribution in [2.24, 2.45) is 5.41 Å². The van der Waals surface area contributed by atoms with Crippen molar-refractivity contribution in [1.82, 2.24) is 4.90 Å². The van der Waals surface area contributed by atoms with Gasteiger partial charge in [0, 0.05) is 5.41 Å². The van der Waals surface area contributed by atoms with E-state index in [1.54, 1.807) is 4.90 Å². The fourth-order valence-corrected chi connectivity index (χ4v) is 2.71. The zero-order valence-electron chi connectivity index (χ0n) is 13.1. The summed E-state index contributed by atoms with van der Waals surface area (Å²) in [6, 6.07) is -0.0902. The molecule has 0 aromatic heterocycles. The number of nitrogens with zero attached hydrogens (tertiary/aromatic N) is 1. The number of carbonyl (C=O) groups is 2. The van der Waals surface area contributed by atoms with Crippen molar-refractivity contribution in [3.05, 3.63) is 0 Å². The zero-order valence-corrected chi connectivity index (χ0v) is 13.1. The van der Waals surface area contributed by atoms with Gasteiger partial charge < -0.3 is 14.3 Å². The lowest BCUT2D eigenvalue weighted by Gasteiger charge is -2.35. The van der Waals surface area contributed by atoms with Gasteiger partial charge in [-0.2, -0.15) is 0 Å². The molecule has 0 bridgehead atoms. The molecule has 0 radical (unpaired) electrons. The van der Waals surface area contributed by atoms with E-state index in [-0.39, 0.29) is 17.6 Å². The fourth-order valence-electron chi connectivity index (χ4n) is 2.71. The average molecular weight is 283 g/mol. The highest BCUT2D eigenvalue weighted by atomic mass is 16.6. The molecule has 1 amide bonds. The molecule has 0 aromatic carbocycles. The lowest BCUT2D eigenvalue weighted by Crippen LogP contribution is -2.50. The van der Waals surface area contributed by atoms with Crippen LogP contribution in [-0.2, 0) is 14.3 Å². The van der Waals surface area contributed by atoms with Crippen molar-refractivity contribution in [1.29, 1.82) is 0 Å². The van der Waals surface area contributed by atoms with Crippen LogP contribution in [0.15, 0.2) is 0 Å². The first-order valence-electron chi connectivity index (χ1n) is 7.21. The Kier molecular flexibility index (Phi) is 3.61. The third kappa shape index (κ3) is 3.14. The van der Waals surface area contributed by atoms with Gasteiger partial charge in [-0.15, -0.1) is 0 Å². The lowest BCUT2D eigenvalue weighted by atomic mass is 9.98. The van der Waals surface area contributed by atoms with Crippen molar-refractivity contribution in [3.8, 4) is 0 Å². The fraction of sp³-hybridized carbons (Fsp3) is 0.867. The number of ether oxygens (including phenoxy) is 2. The summed E-state index contributed by atoms with van der Waals surface area (Å²) in [5.41, 5.74) is -1.47. The van der Waals surface area contributed by atoms with Gasteiger partial charge in [0.2, 0.25) is 0 Å². The summed E-state index contributed by atoms with van der Waals surface area (Å²) < 4.78 is 11.2. The zero-order chi connectivity index (χ0) is 15.2. The quantitative estimate of drug-likeness (QED) is 0.747. The molecule has 0 spiro atoms. The third-order valence-corrected chi connectivity index (χ3v) is 3.95. The molecular formula is C15H25NO4. The molecule has 5 heteroatoms. The summed E-state index contributed by atoms with van der Waals surface area (Å²) in [5.74, 6) is 0. The van der Waals surface area contributed by atoms with E-state index < -0.39 is 11.3 Å². The van der Waals surface area contributed by atoms with Gasteiger partial charge in [-0.05, 0) is 53.9 Å². The van der Waals surface area contributed by atoms with Gasteiger partial charge in [0.05, 0.1) is 12.6 Å². The summed E-state index contributed by atoms with van der Waals surface area (Å²) in [4.78, 5) is 25.2. The Morgan fingerprint density at radius 2 is 2.00 bits per heavy atom. The van der Waals surface area contributed by atoms with Gasteiger partial charge in [0.1, 0.15) is 17.6 Å². The van der Waals surface area contributed by atoms with E-state index in [4.69, 9.17) is 9.47 Å². The minimum Gasteiger partial charge on any atom is -0.444 e. The number of amides is 1. The highest BCUT2D eigenvalue weighted by Crippen LogP contribution is 2.49. The highest BCUT2D eigenvalue weighted by Gasteiger charge is 2.52. The van der Waals surface area contributed by atoms with Crippen LogP contribution in [0, 0.1) is 5.41 Å². The maximum Gasteiger partial charge on any atom is 0.412 e. The molecule has 114 valence electrons. The number of hydrogen-bond acceptors (Lipinski definition) is 4. The average Bonchev–Trinajstić information content (AvgIpc) is 2.97. The predicted molar refractivity (Wildman–Crippen MR) is 74.2 cm³/mol. The monoisotopic (exact) mass is 283 g/mol. The topological polar surface area (TPSA) is 55.8 Å². The lowest BCUT2D eigenvalue weighted by molar-refractivity contribution is -0.113. The Balaban J connectivity index is 2.12. The first kappa shape index (κ1) is 15.3. The molecule has 2 fully saturated rings. The minimum absolute atomic E-state index is 0.0902. The van der Waals surface area contributed by atoms with Crippen molar-refractivity contribution >= 4 is 12.4 Å². The van der Waals surface area contributed by atoms with Crippen LogP contribution in [0.4, 0.5) is 4.79 Å². The van der Waals surface area contributed by atoms with Crippen LogP contribution in [-0.4, -0.2) is 41.3 Å².